The molecule has 1 atom stereocenters. The molecular formula is C15H20N2O3. The number of aliphatic hydroxyl groups excluding tert-OH is 1. The summed E-state index contributed by atoms with van der Waals surface area (Å²) in [5, 5.41) is 13.7. The minimum atomic E-state index is -0.412. The summed E-state index contributed by atoms with van der Waals surface area (Å²) in [6.07, 6.45) is 2.27. The smallest absolute Gasteiger partial charge is 0.229 e. The quantitative estimate of drug-likeness (QED) is 0.840. The van der Waals surface area contributed by atoms with Gasteiger partial charge in [0.25, 0.3) is 0 Å². The molecule has 108 valence electrons. The molecule has 0 fully saturated rings. The molecule has 0 saturated heterocycles. The molecule has 0 aliphatic heterocycles. The SMILES string of the molecule is CCCC(O)Cc1nc(Cc2cccc(OC)c2)no1. The lowest BCUT2D eigenvalue weighted by Crippen LogP contribution is -2.09. The maximum atomic E-state index is 9.73. The molecular weight excluding hydrogens is 256 g/mol. The van der Waals surface area contributed by atoms with Crippen LogP contribution in [0, 0.1) is 0 Å². The molecule has 2 aromatic rings. The Labute approximate surface area is 118 Å². The van der Waals surface area contributed by atoms with Crippen LogP contribution in [0.5, 0.6) is 5.75 Å². The average Bonchev–Trinajstić information content (AvgIpc) is 2.86. The number of rotatable bonds is 7. The van der Waals surface area contributed by atoms with Crippen LogP contribution < -0.4 is 4.74 Å². The topological polar surface area (TPSA) is 68.4 Å². The fourth-order valence-electron chi connectivity index (χ4n) is 2.05. The third-order valence-corrected chi connectivity index (χ3v) is 3.04. The standard InChI is InChI=1S/C15H20N2O3/c1-3-5-12(18)10-15-16-14(17-20-15)9-11-6-4-7-13(8-11)19-2/h4,6-8,12,18H,3,5,9-10H2,1-2H3. The molecule has 20 heavy (non-hydrogen) atoms. The number of aromatic nitrogens is 2. The molecule has 0 radical (unpaired) electrons. The van der Waals surface area contributed by atoms with Gasteiger partial charge in [-0.05, 0) is 24.1 Å². The van der Waals surface area contributed by atoms with E-state index >= 15 is 0 Å². The first-order valence-electron chi connectivity index (χ1n) is 6.83. The van der Waals surface area contributed by atoms with E-state index in [1.54, 1.807) is 7.11 Å². The third-order valence-electron chi connectivity index (χ3n) is 3.04. The van der Waals surface area contributed by atoms with Gasteiger partial charge in [0, 0.05) is 6.42 Å². The highest BCUT2D eigenvalue weighted by atomic mass is 16.5. The molecule has 1 aromatic heterocycles. The van der Waals surface area contributed by atoms with Crippen molar-refractivity contribution in [3.05, 3.63) is 41.5 Å². The van der Waals surface area contributed by atoms with Gasteiger partial charge >= 0.3 is 0 Å². The van der Waals surface area contributed by atoms with Crippen LogP contribution in [0.3, 0.4) is 0 Å². The fourth-order valence-corrected chi connectivity index (χ4v) is 2.05. The van der Waals surface area contributed by atoms with Gasteiger partial charge in [-0.1, -0.05) is 30.6 Å². The van der Waals surface area contributed by atoms with Crippen molar-refractivity contribution in [1.29, 1.82) is 0 Å². The van der Waals surface area contributed by atoms with Crippen LogP contribution >= 0.6 is 0 Å². The second kappa shape index (κ2) is 7.05. The summed E-state index contributed by atoms with van der Waals surface area (Å²) in [6, 6.07) is 7.76. The van der Waals surface area contributed by atoms with Gasteiger partial charge in [-0.15, -0.1) is 0 Å². The van der Waals surface area contributed by atoms with E-state index in [0.29, 0.717) is 24.6 Å². The van der Waals surface area contributed by atoms with Crippen molar-refractivity contribution in [3.8, 4) is 5.75 Å². The molecule has 0 amide bonds. The maximum absolute atomic E-state index is 9.73. The Morgan fingerprint density at radius 2 is 2.25 bits per heavy atom. The van der Waals surface area contributed by atoms with Crippen LogP contribution in [-0.4, -0.2) is 28.5 Å². The zero-order chi connectivity index (χ0) is 14.4. The molecule has 1 unspecified atom stereocenters. The van der Waals surface area contributed by atoms with Crippen molar-refractivity contribution in [3.63, 3.8) is 0 Å². The monoisotopic (exact) mass is 276 g/mol. The van der Waals surface area contributed by atoms with Crippen LogP contribution in [0.15, 0.2) is 28.8 Å². The van der Waals surface area contributed by atoms with Gasteiger partial charge in [-0.25, -0.2) is 0 Å². The van der Waals surface area contributed by atoms with Crippen molar-refractivity contribution in [2.75, 3.05) is 7.11 Å². The summed E-state index contributed by atoms with van der Waals surface area (Å²) in [4.78, 5) is 4.30. The predicted molar refractivity (Wildman–Crippen MR) is 74.7 cm³/mol. The lowest BCUT2D eigenvalue weighted by atomic mass is 10.1. The Morgan fingerprint density at radius 1 is 1.40 bits per heavy atom. The van der Waals surface area contributed by atoms with E-state index in [1.807, 2.05) is 31.2 Å². The van der Waals surface area contributed by atoms with Crippen molar-refractivity contribution in [2.45, 2.75) is 38.7 Å². The number of hydrogen-bond acceptors (Lipinski definition) is 5. The highest BCUT2D eigenvalue weighted by Crippen LogP contribution is 2.15. The predicted octanol–water partition coefficient (Wildman–Crippen LogP) is 2.37. The number of methoxy groups -OCH3 is 1. The first kappa shape index (κ1) is 14.5. The number of benzene rings is 1. The summed E-state index contributed by atoms with van der Waals surface area (Å²) < 4.78 is 10.3. The Bertz CT molecular complexity index is 539. The van der Waals surface area contributed by atoms with Crippen molar-refractivity contribution in [2.24, 2.45) is 0 Å². The molecule has 1 aromatic carbocycles. The lowest BCUT2D eigenvalue weighted by molar-refractivity contribution is 0.151. The van der Waals surface area contributed by atoms with E-state index in [-0.39, 0.29) is 0 Å². The van der Waals surface area contributed by atoms with E-state index in [2.05, 4.69) is 10.1 Å². The fraction of sp³-hybridized carbons (Fsp3) is 0.467. The first-order chi connectivity index (χ1) is 9.71. The lowest BCUT2D eigenvalue weighted by Gasteiger charge is -2.04. The number of aliphatic hydroxyl groups is 1. The van der Waals surface area contributed by atoms with Crippen molar-refractivity contribution < 1.29 is 14.4 Å². The Balaban J connectivity index is 1.98. The van der Waals surface area contributed by atoms with Crippen molar-refractivity contribution in [1.82, 2.24) is 10.1 Å². The first-order valence-corrected chi connectivity index (χ1v) is 6.83. The summed E-state index contributed by atoms with van der Waals surface area (Å²) in [5.41, 5.74) is 1.06. The zero-order valence-electron chi connectivity index (χ0n) is 11.9. The Hall–Kier alpha value is -1.88. The summed E-state index contributed by atoms with van der Waals surface area (Å²) in [6.45, 7) is 2.03. The Kier molecular flexibility index (Phi) is 5.12. The number of nitrogens with zero attached hydrogens (tertiary/aromatic N) is 2. The van der Waals surface area contributed by atoms with Crippen LogP contribution in [-0.2, 0) is 12.8 Å². The van der Waals surface area contributed by atoms with Crippen LogP contribution in [0.4, 0.5) is 0 Å². The molecule has 0 aliphatic carbocycles. The molecule has 0 saturated carbocycles. The molecule has 2 rings (SSSR count). The van der Waals surface area contributed by atoms with E-state index in [0.717, 1.165) is 24.2 Å². The number of hydrogen-bond donors (Lipinski definition) is 1. The van der Waals surface area contributed by atoms with Crippen LogP contribution in [0.1, 0.15) is 37.0 Å². The molecule has 1 N–H and O–H groups in total. The zero-order valence-corrected chi connectivity index (χ0v) is 11.9. The van der Waals surface area contributed by atoms with Gasteiger partial charge in [-0.2, -0.15) is 4.98 Å². The highest BCUT2D eigenvalue weighted by molar-refractivity contribution is 5.30. The van der Waals surface area contributed by atoms with Gasteiger partial charge in [-0.3, -0.25) is 0 Å². The largest absolute Gasteiger partial charge is 0.497 e. The Morgan fingerprint density at radius 3 is 3.00 bits per heavy atom. The molecule has 0 aliphatic rings. The van der Waals surface area contributed by atoms with Gasteiger partial charge in [0.05, 0.1) is 19.6 Å². The second-order valence-electron chi connectivity index (χ2n) is 4.78. The number of ether oxygens (including phenoxy) is 1. The molecule has 1 heterocycles. The molecule has 0 bridgehead atoms. The van der Waals surface area contributed by atoms with E-state index in [4.69, 9.17) is 9.26 Å². The summed E-state index contributed by atoms with van der Waals surface area (Å²) in [7, 11) is 1.64. The van der Waals surface area contributed by atoms with Crippen LogP contribution in [0.2, 0.25) is 0 Å². The van der Waals surface area contributed by atoms with Gasteiger partial charge in [0.1, 0.15) is 5.75 Å². The van der Waals surface area contributed by atoms with Gasteiger partial charge in [0.15, 0.2) is 5.82 Å². The minimum absolute atomic E-state index is 0.412. The minimum Gasteiger partial charge on any atom is -0.497 e. The van der Waals surface area contributed by atoms with Crippen molar-refractivity contribution >= 4 is 0 Å². The molecule has 5 nitrogen and oxygen atoms in total. The second-order valence-corrected chi connectivity index (χ2v) is 4.78. The normalized spacial score (nSPS) is 12.3. The van der Waals surface area contributed by atoms with E-state index in [1.165, 1.54) is 0 Å². The third kappa shape index (κ3) is 4.06. The van der Waals surface area contributed by atoms with Gasteiger partial charge in [0.2, 0.25) is 5.89 Å². The average molecular weight is 276 g/mol. The van der Waals surface area contributed by atoms with E-state index in [9.17, 15) is 5.11 Å². The highest BCUT2D eigenvalue weighted by Gasteiger charge is 2.12. The molecule has 5 heteroatoms. The maximum Gasteiger partial charge on any atom is 0.229 e. The molecule has 0 spiro atoms. The van der Waals surface area contributed by atoms with E-state index < -0.39 is 6.10 Å². The van der Waals surface area contributed by atoms with Gasteiger partial charge < -0.3 is 14.4 Å². The van der Waals surface area contributed by atoms with Crippen LogP contribution in [0.25, 0.3) is 0 Å². The summed E-state index contributed by atoms with van der Waals surface area (Å²) in [5.74, 6) is 1.92. The summed E-state index contributed by atoms with van der Waals surface area (Å²) >= 11 is 0.